The van der Waals surface area contributed by atoms with E-state index in [-0.39, 0.29) is 36.7 Å². The van der Waals surface area contributed by atoms with Gasteiger partial charge in [0.05, 0.1) is 9.29 Å². The van der Waals surface area contributed by atoms with Crippen LogP contribution in [0.2, 0.25) is 5.02 Å². The predicted octanol–water partition coefficient (Wildman–Crippen LogP) is 3.04. The van der Waals surface area contributed by atoms with Gasteiger partial charge in [-0.25, -0.2) is 9.48 Å². The molecule has 0 spiro atoms. The highest BCUT2D eigenvalue weighted by atomic mass is 35.5. The Labute approximate surface area is 213 Å². The van der Waals surface area contributed by atoms with Crippen LogP contribution in [0.4, 0.5) is 5.69 Å². The van der Waals surface area contributed by atoms with E-state index in [1.807, 2.05) is 23.1 Å². The minimum Gasteiger partial charge on any atom is -0.492 e. The number of anilines is 1. The van der Waals surface area contributed by atoms with Gasteiger partial charge in [-0.1, -0.05) is 35.9 Å². The first-order valence-electron chi connectivity index (χ1n) is 14.1. The van der Waals surface area contributed by atoms with E-state index in [4.69, 9.17) is 24.6 Å². The summed E-state index contributed by atoms with van der Waals surface area (Å²) in [4.78, 5) is 16.5. The molecule has 4 rings (SSSR count). The van der Waals surface area contributed by atoms with Gasteiger partial charge in [0.2, 0.25) is 0 Å². The van der Waals surface area contributed by atoms with Crippen molar-refractivity contribution in [2.24, 2.45) is 0 Å². The van der Waals surface area contributed by atoms with Crippen molar-refractivity contribution in [1.29, 1.82) is 0 Å². The molecule has 0 amide bonds. The molecule has 0 saturated carbocycles. The fourth-order valence-corrected chi connectivity index (χ4v) is 3.87. The van der Waals surface area contributed by atoms with Crippen LogP contribution in [0.15, 0.2) is 59.4 Å². The number of aromatic nitrogens is 3. The van der Waals surface area contributed by atoms with Crippen LogP contribution in [0, 0.1) is 0 Å². The van der Waals surface area contributed by atoms with Gasteiger partial charge in [0.25, 0.3) is 0 Å². The Hall–Kier alpha value is -2.81. The van der Waals surface area contributed by atoms with Crippen LogP contribution in [0.25, 0.3) is 0 Å². The molecule has 0 aliphatic carbocycles. The zero-order valence-corrected chi connectivity index (χ0v) is 19.6. The molecule has 182 valence electrons. The molecule has 0 bridgehead atoms. The SMILES string of the molecule is [2H]C([2H])(N1CCN(c2cccc(Cl)c2)CC1)C([2H])([2H])C([2H])([2H])n1nc(C(C)O)n(CCOc2ccccc2)c1=O. The second kappa shape index (κ2) is 11.6. The summed E-state index contributed by atoms with van der Waals surface area (Å²) in [5, 5.41) is 14.7. The first kappa shape index (κ1) is 17.6. The van der Waals surface area contributed by atoms with Crippen molar-refractivity contribution in [3.05, 3.63) is 75.9 Å². The second-order valence-corrected chi connectivity index (χ2v) is 8.28. The number of benzene rings is 2. The topological polar surface area (TPSA) is 75.8 Å². The zero-order chi connectivity index (χ0) is 29.3. The highest BCUT2D eigenvalue weighted by Crippen LogP contribution is 2.20. The van der Waals surface area contributed by atoms with Crippen LogP contribution in [-0.4, -0.2) is 63.6 Å². The first-order chi connectivity index (χ1) is 18.8. The summed E-state index contributed by atoms with van der Waals surface area (Å²) in [6, 6.07) is 16.1. The lowest BCUT2D eigenvalue weighted by Gasteiger charge is -2.36. The lowest BCUT2D eigenvalue weighted by molar-refractivity contribution is 0.179. The predicted molar refractivity (Wildman–Crippen MR) is 134 cm³/mol. The Morgan fingerprint density at radius 1 is 1.12 bits per heavy atom. The van der Waals surface area contributed by atoms with Crippen LogP contribution in [0.1, 0.15) is 33.4 Å². The van der Waals surface area contributed by atoms with Gasteiger partial charge in [0.15, 0.2) is 5.82 Å². The number of aliphatic hydroxyl groups excluding tert-OH is 1. The van der Waals surface area contributed by atoms with Crippen LogP contribution in [0.3, 0.4) is 0 Å². The van der Waals surface area contributed by atoms with Gasteiger partial charge in [-0.05, 0) is 43.6 Å². The molecule has 1 unspecified atom stereocenters. The van der Waals surface area contributed by atoms with Crippen molar-refractivity contribution >= 4 is 17.3 Å². The Morgan fingerprint density at radius 3 is 2.59 bits per heavy atom. The van der Waals surface area contributed by atoms with Gasteiger partial charge in [0.1, 0.15) is 18.5 Å². The molecule has 9 heteroatoms. The summed E-state index contributed by atoms with van der Waals surface area (Å²) in [7, 11) is 0. The maximum Gasteiger partial charge on any atom is 0.346 e. The average molecular weight is 492 g/mol. The second-order valence-electron chi connectivity index (χ2n) is 7.84. The standard InChI is InChI=1S/C25H32ClN5O3/c1-20(32)24-27-31(25(33)30(24)17-18-34-23-9-3-2-4-10-23)12-6-11-28-13-15-29(16-14-28)22-8-5-7-21(26)19-22/h2-5,7-10,19-20,32H,6,11-18H2,1H3/i6D2,11D2,12D2. The molecule has 1 aliphatic heterocycles. The fourth-order valence-electron chi connectivity index (χ4n) is 3.68. The fraction of sp³-hybridized carbons (Fsp3) is 0.440. The molecule has 1 saturated heterocycles. The molecule has 1 fully saturated rings. The summed E-state index contributed by atoms with van der Waals surface area (Å²) in [6.07, 6.45) is -4.50. The molecule has 2 heterocycles. The lowest BCUT2D eigenvalue weighted by atomic mass is 10.2. The van der Waals surface area contributed by atoms with Gasteiger partial charge in [-0.3, -0.25) is 9.47 Å². The van der Waals surface area contributed by atoms with Gasteiger partial charge in [-0.15, -0.1) is 0 Å². The maximum atomic E-state index is 13.3. The number of hydrogen-bond acceptors (Lipinski definition) is 6. The van der Waals surface area contributed by atoms with Crippen LogP contribution >= 0.6 is 11.6 Å². The molecule has 1 aromatic heterocycles. The molecule has 8 nitrogen and oxygen atoms in total. The van der Waals surface area contributed by atoms with E-state index >= 15 is 0 Å². The molecule has 1 aliphatic rings. The number of aryl methyl sites for hydroxylation is 1. The minimum atomic E-state index is -3.22. The van der Waals surface area contributed by atoms with Crippen molar-refractivity contribution in [1.82, 2.24) is 19.2 Å². The van der Waals surface area contributed by atoms with Crippen molar-refractivity contribution in [2.45, 2.75) is 32.4 Å². The highest BCUT2D eigenvalue weighted by Gasteiger charge is 2.19. The van der Waals surface area contributed by atoms with E-state index in [0.717, 1.165) is 10.3 Å². The summed E-state index contributed by atoms with van der Waals surface area (Å²) >= 11 is 6.09. The Morgan fingerprint density at radius 2 is 1.88 bits per heavy atom. The molecule has 3 aromatic rings. The number of piperazine rings is 1. The average Bonchev–Trinajstić information content (AvgIpc) is 3.26. The smallest absolute Gasteiger partial charge is 0.346 e. The van der Waals surface area contributed by atoms with Gasteiger partial charge < -0.3 is 14.7 Å². The first-order valence-corrected chi connectivity index (χ1v) is 11.5. The number of aliphatic hydroxyl groups is 1. The quantitative estimate of drug-likeness (QED) is 0.470. The molecular formula is C25H32ClN5O3. The van der Waals surface area contributed by atoms with E-state index in [2.05, 4.69) is 5.10 Å². The summed E-state index contributed by atoms with van der Waals surface area (Å²) in [5.74, 6) is 0.369. The monoisotopic (exact) mass is 491 g/mol. The normalized spacial score (nSPS) is 19.3. The highest BCUT2D eigenvalue weighted by molar-refractivity contribution is 6.30. The number of ether oxygens (including phenoxy) is 1. The Bertz CT molecular complexity index is 1360. The summed E-state index contributed by atoms with van der Waals surface area (Å²) in [5.41, 5.74) is -0.173. The molecule has 34 heavy (non-hydrogen) atoms. The number of nitrogens with zero attached hydrogens (tertiary/aromatic N) is 5. The van der Waals surface area contributed by atoms with E-state index in [1.54, 1.807) is 36.4 Å². The molecule has 1 atom stereocenters. The Kier molecular flexibility index (Phi) is 5.98. The van der Waals surface area contributed by atoms with Crippen molar-refractivity contribution in [2.75, 3.05) is 44.2 Å². The van der Waals surface area contributed by atoms with E-state index in [0.29, 0.717) is 23.9 Å². The van der Waals surface area contributed by atoms with Crippen molar-refractivity contribution in [3.63, 3.8) is 0 Å². The number of para-hydroxylation sites is 1. The third-order valence-corrected chi connectivity index (χ3v) is 5.66. The lowest BCUT2D eigenvalue weighted by Crippen LogP contribution is -2.46. The Balaban J connectivity index is 1.55. The maximum absolute atomic E-state index is 13.3. The number of halogens is 1. The van der Waals surface area contributed by atoms with Crippen LogP contribution < -0.4 is 15.3 Å². The largest absolute Gasteiger partial charge is 0.492 e. The van der Waals surface area contributed by atoms with Crippen LogP contribution in [0.5, 0.6) is 5.75 Å². The molecule has 2 aromatic carbocycles. The van der Waals surface area contributed by atoms with E-state index in [9.17, 15) is 9.90 Å². The number of rotatable bonds is 10. The van der Waals surface area contributed by atoms with Gasteiger partial charge >= 0.3 is 5.69 Å². The zero-order valence-electron chi connectivity index (χ0n) is 24.9. The number of hydrogen-bond donors (Lipinski definition) is 1. The van der Waals surface area contributed by atoms with E-state index < -0.39 is 31.2 Å². The van der Waals surface area contributed by atoms with Gasteiger partial charge in [0, 0.05) is 55.4 Å². The third-order valence-electron chi connectivity index (χ3n) is 5.42. The molecule has 0 radical (unpaired) electrons. The summed E-state index contributed by atoms with van der Waals surface area (Å²) in [6.45, 7) is -3.84. The van der Waals surface area contributed by atoms with Crippen molar-refractivity contribution in [3.8, 4) is 5.75 Å². The van der Waals surface area contributed by atoms with E-state index in [1.165, 1.54) is 11.8 Å². The van der Waals surface area contributed by atoms with Crippen LogP contribution in [-0.2, 0) is 13.0 Å². The molecule has 1 N–H and O–H groups in total. The third kappa shape index (κ3) is 6.20. The minimum absolute atomic E-state index is 0.00293. The molecular weight excluding hydrogens is 454 g/mol. The van der Waals surface area contributed by atoms with Crippen molar-refractivity contribution < 1.29 is 18.1 Å². The van der Waals surface area contributed by atoms with Gasteiger partial charge in [-0.2, -0.15) is 5.10 Å². The summed E-state index contributed by atoms with van der Waals surface area (Å²) < 4.78 is 58.8.